The maximum Gasteiger partial charge on any atom is 0.340 e. The first-order valence-electron chi connectivity index (χ1n) is 6.48. The summed E-state index contributed by atoms with van der Waals surface area (Å²) in [4.78, 5) is 14.6. The van der Waals surface area contributed by atoms with Crippen molar-refractivity contribution in [2.24, 2.45) is 5.92 Å². The molecule has 0 aliphatic carbocycles. The first-order valence-corrected chi connectivity index (χ1v) is 9.72. The number of halogens is 3. The molecule has 0 atom stereocenters. The van der Waals surface area contributed by atoms with Gasteiger partial charge in [0.2, 0.25) is 0 Å². The molecule has 3 nitrogen and oxygen atoms in total. The molecule has 1 aliphatic heterocycles. The van der Waals surface area contributed by atoms with Crippen LogP contribution in [-0.2, 0) is 4.74 Å². The standard InChI is InChI=1S/C14H16I3NO2/c1-18-6-4-9(5-7-18)8-20-14(19)12-10(15)2-3-11(16)13(12)17/h2-3,9H,4-8H2,1H3. The Balaban J connectivity index is 1.97. The third kappa shape index (κ3) is 4.42. The van der Waals surface area contributed by atoms with Gasteiger partial charge in [-0.15, -0.1) is 0 Å². The van der Waals surface area contributed by atoms with Crippen LogP contribution >= 0.6 is 67.8 Å². The SMILES string of the molecule is CN1CCC(COC(=O)c2c(I)ccc(I)c2I)CC1. The molecule has 1 aliphatic rings. The Hall–Kier alpha value is 0.840. The molecule has 0 N–H and O–H groups in total. The van der Waals surface area contributed by atoms with Gasteiger partial charge in [0.15, 0.2) is 0 Å². The van der Waals surface area contributed by atoms with Crippen molar-refractivity contribution in [1.29, 1.82) is 0 Å². The molecule has 110 valence electrons. The highest BCUT2D eigenvalue weighted by Crippen LogP contribution is 2.25. The summed E-state index contributed by atoms with van der Waals surface area (Å²) in [6.45, 7) is 2.74. The molecule has 1 saturated heterocycles. The monoisotopic (exact) mass is 611 g/mol. The van der Waals surface area contributed by atoms with Crippen LogP contribution in [0.1, 0.15) is 23.2 Å². The lowest BCUT2D eigenvalue weighted by Gasteiger charge is -2.28. The highest BCUT2D eigenvalue weighted by atomic mass is 127. The molecule has 0 amide bonds. The lowest BCUT2D eigenvalue weighted by atomic mass is 9.98. The maximum absolute atomic E-state index is 12.3. The molecular weight excluding hydrogens is 595 g/mol. The second-order valence-electron chi connectivity index (χ2n) is 5.06. The van der Waals surface area contributed by atoms with Crippen LogP contribution in [-0.4, -0.2) is 37.6 Å². The fourth-order valence-corrected chi connectivity index (χ4v) is 4.53. The summed E-state index contributed by atoms with van der Waals surface area (Å²) in [6.07, 6.45) is 2.23. The Morgan fingerprint density at radius 3 is 2.50 bits per heavy atom. The number of hydrogen-bond acceptors (Lipinski definition) is 3. The first kappa shape index (κ1) is 17.2. The Morgan fingerprint density at radius 1 is 1.25 bits per heavy atom. The predicted octanol–water partition coefficient (Wildman–Crippen LogP) is 4.00. The molecule has 2 rings (SSSR count). The van der Waals surface area contributed by atoms with Crippen LogP contribution in [0.2, 0.25) is 0 Å². The molecule has 1 fully saturated rings. The van der Waals surface area contributed by atoms with Gasteiger partial charge in [0.1, 0.15) is 0 Å². The minimum atomic E-state index is -0.184. The van der Waals surface area contributed by atoms with Crippen molar-refractivity contribution in [2.45, 2.75) is 12.8 Å². The predicted molar refractivity (Wildman–Crippen MR) is 105 cm³/mol. The third-order valence-corrected chi connectivity index (χ3v) is 7.49. The molecule has 0 aromatic heterocycles. The van der Waals surface area contributed by atoms with Gasteiger partial charge in [-0.25, -0.2) is 4.79 Å². The van der Waals surface area contributed by atoms with Gasteiger partial charge >= 0.3 is 5.97 Å². The topological polar surface area (TPSA) is 29.5 Å². The van der Waals surface area contributed by atoms with Crippen LogP contribution < -0.4 is 0 Å². The number of piperidine rings is 1. The van der Waals surface area contributed by atoms with Gasteiger partial charge < -0.3 is 9.64 Å². The van der Waals surface area contributed by atoms with Crippen molar-refractivity contribution in [3.05, 3.63) is 28.4 Å². The highest BCUT2D eigenvalue weighted by molar-refractivity contribution is 14.1. The number of likely N-dealkylation sites (tertiary alicyclic amines) is 1. The van der Waals surface area contributed by atoms with E-state index in [1.165, 1.54) is 0 Å². The fraction of sp³-hybridized carbons (Fsp3) is 0.500. The second-order valence-corrected chi connectivity index (χ2v) is 8.47. The van der Waals surface area contributed by atoms with Crippen molar-refractivity contribution in [1.82, 2.24) is 4.90 Å². The molecule has 0 bridgehead atoms. The van der Waals surface area contributed by atoms with Crippen LogP contribution in [0, 0.1) is 16.6 Å². The van der Waals surface area contributed by atoms with E-state index in [2.05, 4.69) is 79.7 Å². The molecule has 1 aromatic carbocycles. The molecule has 1 heterocycles. The second kappa shape index (κ2) is 7.91. The number of benzene rings is 1. The Bertz CT molecular complexity index is 499. The van der Waals surface area contributed by atoms with Crippen molar-refractivity contribution < 1.29 is 9.53 Å². The van der Waals surface area contributed by atoms with Crippen LogP contribution in [0.15, 0.2) is 12.1 Å². The molecule has 0 radical (unpaired) electrons. The molecule has 0 unspecified atom stereocenters. The van der Waals surface area contributed by atoms with Crippen LogP contribution in [0.4, 0.5) is 0 Å². The minimum absolute atomic E-state index is 0.184. The largest absolute Gasteiger partial charge is 0.462 e. The van der Waals surface area contributed by atoms with Crippen LogP contribution in [0.3, 0.4) is 0 Å². The van der Waals surface area contributed by atoms with E-state index in [1.807, 2.05) is 12.1 Å². The van der Waals surface area contributed by atoms with Crippen LogP contribution in [0.5, 0.6) is 0 Å². The first-order chi connectivity index (χ1) is 9.49. The van der Waals surface area contributed by atoms with E-state index in [-0.39, 0.29) is 5.97 Å². The lowest BCUT2D eigenvalue weighted by molar-refractivity contribution is 0.0381. The number of hydrogen-bond donors (Lipinski definition) is 0. The van der Waals surface area contributed by atoms with Gasteiger partial charge in [-0.2, -0.15) is 0 Å². The Morgan fingerprint density at radius 2 is 1.85 bits per heavy atom. The number of ether oxygens (including phenoxy) is 1. The van der Waals surface area contributed by atoms with Gasteiger partial charge in [-0.05, 0) is 119 Å². The van der Waals surface area contributed by atoms with Crippen LogP contribution in [0.25, 0.3) is 0 Å². The fourth-order valence-electron chi connectivity index (χ4n) is 2.21. The summed E-state index contributed by atoms with van der Waals surface area (Å²) in [5.74, 6) is 0.324. The van der Waals surface area contributed by atoms with Gasteiger partial charge in [0, 0.05) is 10.7 Å². The maximum atomic E-state index is 12.3. The Labute approximate surface area is 160 Å². The molecule has 0 spiro atoms. The third-order valence-electron chi connectivity index (χ3n) is 3.54. The van der Waals surface area contributed by atoms with E-state index in [0.29, 0.717) is 18.1 Å². The van der Waals surface area contributed by atoms with Crippen molar-refractivity contribution in [3.63, 3.8) is 0 Å². The summed E-state index contributed by atoms with van der Waals surface area (Å²) >= 11 is 6.67. The number of carbonyl (C=O) groups excluding carboxylic acids is 1. The van der Waals surface area contributed by atoms with Gasteiger partial charge in [-0.3, -0.25) is 0 Å². The van der Waals surface area contributed by atoms with Crippen molar-refractivity contribution in [3.8, 4) is 0 Å². The van der Waals surface area contributed by atoms with E-state index >= 15 is 0 Å². The van der Waals surface area contributed by atoms with Gasteiger partial charge in [0.25, 0.3) is 0 Å². The van der Waals surface area contributed by atoms with E-state index in [9.17, 15) is 4.79 Å². The number of esters is 1. The summed E-state index contributed by atoms with van der Waals surface area (Å²) in [5.41, 5.74) is 0.714. The normalized spacial score (nSPS) is 17.2. The summed E-state index contributed by atoms with van der Waals surface area (Å²) in [6, 6.07) is 3.99. The zero-order valence-corrected chi connectivity index (χ0v) is 17.6. The van der Waals surface area contributed by atoms with Crippen molar-refractivity contribution >= 4 is 73.7 Å². The summed E-state index contributed by atoms with van der Waals surface area (Å²) < 4.78 is 8.59. The van der Waals surface area contributed by atoms with Gasteiger partial charge in [-0.1, -0.05) is 0 Å². The average Bonchev–Trinajstić information content (AvgIpc) is 2.43. The molecular formula is C14H16I3NO2. The number of rotatable bonds is 3. The van der Waals surface area contributed by atoms with E-state index in [1.54, 1.807) is 0 Å². The average molecular weight is 611 g/mol. The summed E-state index contributed by atoms with van der Waals surface area (Å²) in [7, 11) is 2.14. The number of nitrogens with zero attached hydrogens (tertiary/aromatic N) is 1. The highest BCUT2D eigenvalue weighted by Gasteiger charge is 2.21. The smallest absolute Gasteiger partial charge is 0.340 e. The molecule has 0 saturated carbocycles. The summed E-state index contributed by atoms with van der Waals surface area (Å²) in [5, 5.41) is 0. The quantitative estimate of drug-likeness (QED) is 0.295. The Kier molecular flexibility index (Phi) is 6.80. The zero-order valence-electron chi connectivity index (χ0n) is 11.2. The number of carbonyl (C=O) groups is 1. The van der Waals surface area contributed by atoms with E-state index in [4.69, 9.17) is 4.74 Å². The van der Waals surface area contributed by atoms with Crippen molar-refractivity contribution in [2.75, 3.05) is 26.7 Å². The van der Waals surface area contributed by atoms with E-state index < -0.39 is 0 Å². The van der Waals surface area contributed by atoms with E-state index in [0.717, 1.165) is 36.6 Å². The molecule has 1 aromatic rings. The lowest BCUT2D eigenvalue weighted by Crippen LogP contribution is -2.32. The molecule has 6 heteroatoms. The molecule has 20 heavy (non-hydrogen) atoms. The minimum Gasteiger partial charge on any atom is -0.462 e. The zero-order chi connectivity index (χ0) is 14.7. The van der Waals surface area contributed by atoms with Gasteiger partial charge in [0.05, 0.1) is 12.2 Å².